The number of carbonyl (C=O) groups is 2. The number of carboxylic acids is 1. The molecule has 2 amide bonds. The Kier molecular flexibility index (Phi) is 5.48. The lowest BCUT2D eigenvalue weighted by atomic mass is 10.1. The number of rotatable bonds is 6. The third-order valence-corrected chi connectivity index (χ3v) is 3.16. The number of carboxylic acid groups (broad SMARTS) is 1. The molecule has 0 aliphatic carbocycles. The first-order chi connectivity index (χ1) is 8.09. The Hall–Kier alpha value is -1.56. The first kappa shape index (κ1) is 13.5. The van der Waals surface area contributed by atoms with Crippen molar-refractivity contribution in [2.45, 2.75) is 19.9 Å². The fourth-order valence-electron chi connectivity index (χ4n) is 1.17. The topological polar surface area (TPSA) is 78.4 Å². The van der Waals surface area contributed by atoms with Crippen LogP contribution in [0.5, 0.6) is 0 Å². The van der Waals surface area contributed by atoms with Crippen molar-refractivity contribution >= 4 is 23.3 Å². The van der Waals surface area contributed by atoms with Gasteiger partial charge in [0.25, 0.3) is 0 Å². The van der Waals surface area contributed by atoms with E-state index in [1.54, 1.807) is 18.3 Å². The molecule has 1 aromatic heterocycles. The monoisotopic (exact) mass is 256 g/mol. The highest BCUT2D eigenvalue weighted by molar-refractivity contribution is 7.09. The standard InChI is InChI=1S/C11H16N2O3S/c1-8(10(14)15)4-5-12-11(16)13-7-9-3-2-6-17-9/h2-3,6,8H,4-5,7H2,1H3,(H,14,15)(H2,12,13,16). The van der Waals surface area contributed by atoms with E-state index in [-0.39, 0.29) is 6.03 Å². The van der Waals surface area contributed by atoms with Crippen LogP contribution in [0.25, 0.3) is 0 Å². The molecule has 3 N–H and O–H groups in total. The smallest absolute Gasteiger partial charge is 0.315 e. The van der Waals surface area contributed by atoms with Gasteiger partial charge in [0.2, 0.25) is 0 Å². The number of hydrogen-bond acceptors (Lipinski definition) is 3. The fourth-order valence-corrected chi connectivity index (χ4v) is 1.81. The minimum atomic E-state index is -0.842. The molecule has 0 saturated carbocycles. The van der Waals surface area contributed by atoms with Crippen LogP contribution in [-0.2, 0) is 11.3 Å². The average molecular weight is 256 g/mol. The summed E-state index contributed by atoms with van der Waals surface area (Å²) in [5, 5.41) is 15.9. The predicted octanol–water partition coefficient (Wildman–Crippen LogP) is 1.66. The Morgan fingerprint density at radius 3 is 2.82 bits per heavy atom. The molecule has 1 rings (SSSR count). The van der Waals surface area contributed by atoms with Crippen molar-refractivity contribution in [3.63, 3.8) is 0 Å². The molecule has 1 atom stereocenters. The third kappa shape index (κ3) is 5.35. The van der Waals surface area contributed by atoms with E-state index in [1.807, 2.05) is 17.5 Å². The van der Waals surface area contributed by atoms with E-state index < -0.39 is 11.9 Å². The van der Waals surface area contributed by atoms with Gasteiger partial charge in [-0.25, -0.2) is 4.79 Å². The number of aliphatic carboxylic acids is 1. The van der Waals surface area contributed by atoms with Crippen molar-refractivity contribution in [3.05, 3.63) is 22.4 Å². The van der Waals surface area contributed by atoms with Gasteiger partial charge < -0.3 is 15.7 Å². The van der Waals surface area contributed by atoms with E-state index in [0.29, 0.717) is 19.5 Å². The van der Waals surface area contributed by atoms with Crippen molar-refractivity contribution in [2.75, 3.05) is 6.54 Å². The SMILES string of the molecule is CC(CCNC(=O)NCc1cccs1)C(=O)O. The van der Waals surface area contributed by atoms with Crippen LogP contribution in [0.3, 0.4) is 0 Å². The van der Waals surface area contributed by atoms with Crippen LogP contribution in [0, 0.1) is 5.92 Å². The van der Waals surface area contributed by atoms with Crippen molar-refractivity contribution < 1.29 is 14.7 Å². The summed E-state index contributed by atoms with van der Waals surface area (Å²) in [4.78, 5) is 22.9. The fraction of sp³-hybridized carbons (Fsp3) is 0.455. The average Bonchev–Trinajstić information content (AvgIpc) is 2.78. The number of hydrogen-bond donors (Lipinski definition) is 3. The van der Waals surface area contributed by atoms with Crippen LogP contribution in [0.1, 0.15) is 18.2 Å². The van der Waals surface area contributed by atoms with Gasteiger partial charge in [-0.05, 0) is 17.9 Å². The molecule has 0 saturated heterocycles. The molecule has 0 aliphatic heterocycles. The molecule has 17 heavy (non-hydrogen) atoms. The van der Waals surface area contributed by atoms with Gasteiger partial charge in [-0.15, -0.1) is 11.3 Å². The summed E-state index contributed by atoms with van der Waals surface area (Å²) in [5.41, 5.74) is 0. The number of thiophene rings is 1. The summed E-state index contributed by atoms with van der Waals surface area (Å²) in [6.45, 7) is 2.48. The Balaban J connectivity index is 2.11. The minimum Gasteiger partial charge on any atom is -0.481 e. The van der Waals surface area contributed by atoms with E-state index >= 15 is 0 Å². The quantitative estimate of drug-likeness (QED) is 0.724. The van der Waals surface area contributed by atoms with E-state index in [1.165, 1.54) is 0 Å². The lowest BCUT2D eigenvalue weighted by molar-refractivity contribution is -0.141. The zero-order valence-electron chi connectivity index (χ0n) is 9.60. The maximum atomic E-state index is 11.3. The zero-order chi connectivity index (χ0) is 12.7. The molecule has 0 bridgehead atoms. The maximum Gasteiger partial charge on any atom is 0.315 e. The van der Waals surface area contributed by atoms with Crippen molar-refractivity contribution in [1.82, 2.24) is 10.6 Å². The Labute approximate surface area is 104 Å². The predicted molar refractivity (Wildman–Crippen MR) is 66.0 cm³/mol. The van der Waals surface area contributed by atoms with Gasteiger partial charge >= 0.3 is 12.0 Å². The van der Waals surface area contributed by atoms with E-state index in [4.69, 9.17) is 5.11 Å². The summed E-state index contributed by atoms with van der Waals surface area (Å²) < 4.78 is 0. The van der Waals surface area contributed by atoms with Gasteiger partial charge in [0.1, 0.15) is 0 Å². The second-order valence-electron chi connectivity index (χ2n) is 3.72. The van der Waals surface area contributed by atoms with Gasteiger partial charge in [0.15, 0.2) is 0 Å². The summed E-state index contributed by atoms with van der Waals surface area (Å²) in [5.74, 6) is -1.28. The Bertz CT molecular complexity index is 365. The molecule has 0 radical (unpaired) electrons. The number of carbonyl (C=O) groups excluding carboxylic acids is 1. The van der Waals surface area contributed by atoms with Crippen molar-refractivity contribution in [3.8, 4) is 0 Å². The van der Waals surface area contributed by atoms with Crippen LogP contribution in [0.2, 0.25) is 0 Å². The zero-order valence-corrected chi connectivity index (χ0v) is 10.4. The van der Waals surface area contributed by atoms with Crippen molar-refractivity contribution in [2.24, 2.45) is 5.92 Å². The molecular weight excluding hydrogens is 240 g/mol. The van der Waals surface area contributed by atoms with Gasteiger partial charge in [-0.1, -0.05) is 13.0 Å². The van der Waals surface area contributed by atoms with E-state index in [9.17, 15) is 9.59 Å². The molecular formula is C11H16N2O3S. The number of amides is 2. The summed E-state index contributed by atoms with van der Waals surface area (Å²) >= 11 is 1.58. The summed E-state index contributed by atoms with van der Waals surface area (Å²) in [6.07, 6.45) is 0.432. The van der Waals surface area contributed by atoms with Crippen molar-refractivity contribution in [1.29, 1.82) is 0 Å². The number of nitrogens with one attached hydrogen (secondary N) is 2. The van der Waals surface area contributed by atoms with Crippen LogP contribution >= 0.6 is 11.3 Å². The van der Waals surface area contributed by atoms with Gasteiger partial charge in [0, 0.05) is 11.4 Å². The molecule has 0 spiro atoms. The molecule has 1 aromatic rings. The Morgan fingerprint density at radius 2 is 2.24 bits per heavy atom. The molecule has 94 valence electrons. The molecule has 6 heteroatoms. The highest BCUT2D eigenvalue weighted by atomic mass is 32.1. The highest BCUT2D eigenvalue weighted by Gasteiger charge is 2.10. The van der Waals surface area contributed by atoms with Gasteiger partial charge in [-0.2, -0.15) is 0 Å². The number of urea groups is 1. The Morgan fingerprint density at radius 1 is 1.47 bits per heavy atom. The van der Waals surface area contributed by atoms with Gasteiger partial charge in [0.05, 0.1) is 12.5 Å². The summed E-state index contributed by atoms with van der Waals surface area (Å²) in [7, 11) is 0. The largest absolute Gasteiger partial charge is 0.481 e. The lowest BCUT2D eigenvalue weighted by Gasteiger charge is -2.08. The molecule has 1 unspecified atom stereocenters. The lowest BCUT2D eigenvalue weighted by Crippen LogP contribution is -2.36. The summed E-state index contributed by atoms with van der Waals surface area (Å²) in [6, 6.07) is 3.60. The first-order valence-corrected chi connectivity index (χ1v) is 6.24. The molecule has 1 heterocycles. The van der Waals surface area contributed by atoms with Crippen LogP contribution in [0.4, 0.5) is 4.79 Å². The van der Waals surface area contributed by atoms with E-state index in [0.717, 1.165) is 4.88 Å². The minimum absolute atomic E-state index is 0.268. The highest BCUT2D eigenvalue weighted by Crippen LogP contribution is 2.07. The molecule has 0 aromatic carbocycles. The molecule has 5 nitrogen and oxygen atoms in total. The second kappa shape index (κ2) is 6.90. The first-order valence-electron chi connectivity index (χ1n) is 5.36. The van der Waals surface area contributed by atoms with Gasteiger partial charge in [-0.3, -0.25) is 4.79 Å². The second-order valence-corrected chi connectivity index (χ2v) is 4.75. The molecule has 0 fully saturated rings. The van der Waals surface area contributed by atoms with Crippen LogP contribution < -0.4 is 10.6 Å². The van der Waals surface area contributed by atoms with E-state index in [2.05, 4.69) is 10.6 Å². The normalized spacial score (nSPS) is 11.8. The maximum absolute atomic E-state index is 11.3. The van der Waals surface area contributed by atoms with Crippen LogP contribution in [-0.4, -0.2) is 23.7 Å². The third-order valence-electron chi connectivity index (χ3n) is 2.29. The van der Waals surface area contributed by atoms with Crippen LogP contribution in [0.15, 0.2) is 17.5 Å². The molecule has 0 aliphatic rings.